The van der Waals surface area contributed by atoms with Gasteiger partial charge in [0.15, 0.2) is 11.6 Å². The number of hydrogen-bond acceptors (Lipinski definition) is 3. The fraction of sp³-hybridized carbons (Fsp3) is 0.267. The summed E-state index contributed by atoms with van der Waals surface area (Å²) < 4.78 is 18.5. The molecule has 1 heterocycles. The maximum atomic E-state index is 13.6. The third-order valence-electron chi connectivity index (χ3n) is 3.00. The third-order valence-corrected chi connectivity index (χ3v) is 3.73. The summed E-state index contributed by atoms with van der Waals surface area (Å²) in [4.78, 5) is 11.9. The van der Waals surface area contributed by atoms with Gasteiger partial charge in [-0.25, -0.2) is 4.39 Å². The molecule has 0 unspecified atom stereocenters. The molecule has 1 amide bonds. The van der Waals surface area contributed by atoms with E-state index in [0.717, 1.165) is 5.56 Å². The Morgan fingerprint density at radius 2 is 2.25 bits per heavy atom. The van der Waals surface area contributed by atoms with Crippen molar-refractivity contribution in [1.82, 2.24) is 5.32 Å². The molecule has 3 nitrogen and oxygen atoms in total. The lowest BCUT2D eigenvalue weighted by Gasteiger charge is -2.15. The van der Waals surface area contributed by atoms with Crippen molar-refractivity contribution in [2.75, 3.05) is 7.11 Å². The summed E-state index contributed by atoms with van der Waals surface area (Å²) in [7, 11) is 1.42. The molecule has 0 radical (unpaired) electrons. The van der Waals surface area contributed by atoms with E-state index in [1.807, 2.05) is 23.8 Å². The number of thiophene rings is 1. The molecule has 0 aliphatic carbocycles. The average Bonchev–Trinajstić information content (AvgIpc) is 2.91. The molecule has 106 valence electrons. The van der Waals surface area contributed by atoms with Crippen molar-refractivity contribution in [3.8, 4) is 5.75 Å². The van der Waals surface area contributed by atoms with Gasteiger partial charge in [-0.05, 0) is 47.0 Å². The van der Waals surface area contributed by atoms with Crippen LogP contribution in [0, 0.1) is 5.82 Å². The van der Waals surface area contributed by atoms with Crippen LogP contribution in [0.4, 0.5) is 4.39 Å². The van der Waals surface area contributed by atoms with Gasteiger partial charge in [-0.1, -0.05) is 6.07 Å². The van der Waals surface area contributed by atoms with E-state index in [4.69, 9.17) is 4.74 Å². The number of benzene rings is 1. The first kappa shape index (κ1) is 14.5. The number of halogens is 1. The number of amides is 1. The van der Waals surface area contributed by atoms with Crippen molar-refractivity contribution < 1.29 is 13.9 Å². The summed E-state index contributed by atoms with van der Waals surface area (Å²) in [6, 6.07) is 6.36. The molecule has 20 heavy (non-hydrogen) atoms. The smallest absolute Gasteiger partial charge is 0.224 e. The largest absolute Gasteiger partial charge is 0.494 e. The number of ether oxygens (including phenoxy) is 1. The summed E-state index contributed by atoms with van der Waals surface area (Å²) in [6.07, 6.45) is 0.340. The standard InChI is InChI=1S/C15H16FNO2S/c1-10(12-3-4-14(19-2)13(16)8-12)17-15(18)7-11-5-6-20-9-11/h3-6,8-10H,7H2,1-2H3,(H,17,18)/t10-/m1/s1. The SMILES string of the molecule is COc1ccc([C@@H](C)NC(=O)Cc2ccsc2)cc1F. The van der Waals surface area contributed by atoms with E-state index in [9.17, 15) is 9.18 Å². The second kappa shape index (κ2) is 6.52. The Morgan fingerprint density at radius 3 is 2.85 bits per heavy atom. The van der Waals surface area contributed by atoms with Gasteiger partial charge in [-0.15, -0.1) is 0 Å². The number of rotatable bonds is 5. The molecule has 1 atom stereocenters. The molecule has 0 bridgehead atoms. The Bertz CT molecular complexity index is 584. The zero-order chi connectivity index (χ0) is 14.5. The highest BCUT2D eigenvalue weighted by Gasteiger charge is 2.12. The highest BCUT2D eigenvalue weighted by molar-refractivity contribution is 7.07. The summed E-state index contributed by atoms with van der Waals surface area (Å²) >= 11 is 1.56. The maximum absolute atomic E-state index is 13.6. The molecule has 1 aromatic heterocycles. The van der Waals surface area contributed by atoms with E-state index < -0.39 is 5.82 Å². The Labute approximate surface area is 121 Å². The lowest BCUT2D eigenvalue weighted by molar-refractivity contribution is -0.121. The summed E-state index contributed by atoms with van der Waals surface area (Å²) in [5, 5.41) is 6.73. The molecule has 0 aliphatic heterocycles. The molecular formula is C15H16FNO2S. The van der Waals surface area contributed by atoms with E-state index in [1.54, 1.807) is 23.5 Å². The molecule has 0 aliphatic rings. The van der Waals surface area contributed by atoms with Gasteiger partial charge in [-0.3, -0.25) is 4.79 Å². The number of methoxy groups -OCH3 is 1. The van der Waals surface area contributed by atoms with Gasteiger partial charge in [0.25, 0.3) is 0 Å². The van der Waals surface area contributed by atoms with Gasteiger partial charge >= 0.3 is 0 Å². The minimum Gasteiger partial charge on any atom is -0.494 e. The lowest BCUT2D eigenvalue weighted by atomic mass is 10.1. The molecule has 1 N–H and O–H groups in total. The molecule has 0 saturated heterocycles. The Morgan fingerprint density at radius 1 is 1.45 bits per heavy atom. The first-order chi connectivity index (χ1) is 9.60. The van der Waals surface area contributed by atoms with E-state index in [-0.39, 0.29) is 17.7 Å². The zero-order valence-corrected chi connectivity index (χ0v) is 12.2. The van der Waals surface area contributed by atoms with E-state index >= 15 is 0 Å². The summed E-state index contributed by atoms with van der Waals surface area (Å²) in [5.74, 6) is -0.304. The fourth-order valence-corrected chi connectivity index (χ4v) is 2.58. The van der Waals surface area contributed by atoms with Crippen LogP contribution in [0.3, 0.4) is 0 Å². The van der Waals surface area contributed by atoms with Crippen molar-refractivity contribution in [3.63, 3.8) is 0 Å². The number of nitrogens with one attached hydrogen (secondary N) is 1. The van der Waals surface area contributed by atoms with Crippen LogP contribution >= 0.6 is 11.3 Å². The second-order valence-electron chi connectivity index (χ2n) is 4.49. The van der Waals surface area contributed by atoms with Crippen molar-refractivity contribution >= 4 is 17.2 Å². The molecule has 2 aromatic rings. The first-order valence-electron chi connectivity index (χ1n) is 6.24. The van der Waals surface area contributed by atoms with Crippen LogP contribution in [0.1, 0.15) is 24.1 Å². The van der Waals surface area contributed by atoms with Crippen molar-refractivity contribution in [2.24, 2.45) is 0 Å². The van der Waals surface area contributed by atoms with Crippen LogP contribution in [-0.4, -0.2) is 13.0 Å². The Kier molecular flexibility index (Phi) is 4.74. The number of carbonyl (C=O) groups excluding carboxylic acids is 1. The van der Waals surface area contributed by atoms with E-state index in [2.05, 4.69) is 5.32 Å². The van der Waals surface area contributed by atoms with Crippen LogP contribution in [-0.2, 0) is 11.2 Å². The predicted octanol–water partition coefficient (Wildman–Crippen LogP) is 3.32. The van der Waals surface area contributed by atoms with Crippen molar-refractivity contribution in [3.05, 3.63) is 52.0 Å². The minimum absolute atomic E-state index is 0.0767. The molecule has 2 rings (SSSR count). The zero-order valence-electron chi connectivity index (χ0n) is 11.4. The topological polar surface area (TPSA) is 38.3 Å². The van der Waals surface area contributed by atoms with E-state index in [0.29, 0.717) is 12.0 Å². The van der Waals surface area contributed by atoms with Crippen LogP contribution in [0.15, 0.2) is 35.0 Å². The van der Waals surface area contributed by atoms with Gasteiger partial charge in [0.1, 0.15) is 0 Å². The normalized spacial score (nSPS) is 11.9. The van der Waals surface area contributed by atoms with Gasteiger partial charge < -0.3 is 10.1 Å². The van der Waals surface area contributed by atoms with Crippen LogP contribution in [0.5, 0.6) is 5.75 Å². The lowest BCUT2D eigenvalue weighted by Crippen LogP contribution is -2.28. The highest BCUT2D eigenvalue weighted by atomic mass is 32.1. The highest BCUT2D eigenvalue weighted by Crippen LogP contribution is 2.21. The van der Waals surface area contributed by atoms with Crippen LogP contribution in [0.25, 0.3) is 0 Å². The molecule has 0 spiro atoms. The number of carbonyl (C=O) groups is 1. The quantitative estimate of drug-likeness (QED) is 0.918. The van der Waals surface area contributed by atoms with Crippen molar-refractivity contribution in [1.29, 1.82) is 0 Å². The number of hydrogen-bond donors (Lipinski definition) is 1. The summed E-state index contributed by atoms with van der Waals surface area (Å²) in [6.45, 7) is 1.83. The third kappa shape index (κ3) is 3.57. The van der Waals surface area contributed by atoms with Crippen LogP contribution in [0.2, 0.25) is 0 Å². The summed E-state index contributed by atoms with van der Waals surface area (Å²) in [5.41, 5.74) is 1.70. The van der Waals surface area contributed by atoms with Crippen molar-refractivity contribution in [2.45, 2.75) is 19.4 Å². The van der Waals surface area contributed by atoms with E-state index in [1.165, 1.54) is 13.2 Å². The Balaban J connectivity index is 1.99. The van der Waals surface area contributed by atoms with Gasteiger partial charge in [-0.2, -0.15) is 11.3 Å². The molecule has 5 heteroatoms. The average molecular weight is 293 g/mol. The van der Waals surface area contributed by atoms with Gasteiger partial charge in [0.2, 0.25) is 5.91 Å². The monoisotopic (exact) mass is 293 g/mol. The molecule has 0 fully saturated rings. The fourth-order valence-electron chi connectivity index (χ4n) is 1.91. The second-order valence-corrected chi connectivity index (χ2v) is 5.27. The first-order valence-corrected chi connectivity index (χ1v) is 7.18. The van der Waals surface area contributed by atoms with Gasteiger partial charge in [0, 0.05) is 0 Å². The maximum Gasteiger partial charge on any atom is 0.224 e. The Hall–Kier alpha value is -1.88. The molecular weight excluding hydrogens is 277 g/mol. The molecule has 1 aromatic carbocycles. The van der Waals surface area contributed by atoms with Gasteiger partial charge in [0.05, 0.1) is 19.6 Å². The minimum atomic E-state index is -0.427. The molecule has 0 saturated carbocycles. The van der Waals surface area contributed by atoms with Crippen LogP contribution < -0.4 is 10.1 Å². The predicted molar refractivity (Wildman–Crippen MR) is 77.5 cm³/mol.